The van der Waals surface area contributed by atoms with Gasteiger partial charge in [-0.2, -0.15) is 10.2 Å². The van der Waals surface area contributed by atoms with Crippen molar-refractivity contribution in [2.75, 3.05) is 10.0 Å². The third-order valence-corrected chi connectivity index (χ3v) is 8.05. The topological polar surface area (TPSA) is 108 Å². The summed E-state index contributed by atoms with van der Waals surface area (Å²) in [6, 6.07) is 17.6. The second-order valence-corrected chi connectivity index (χ2v) is 10.6. The molecule has 9 heteroatoms. The first-order valence-electron chi connectivity index (χ1n) is 13.2. The number of amides is 2. The van der Waals surface area contributed by atoms with Crippen LogP contribution in [-0.4, -0.2) is 28.2 Å². The molecule has 0 aromatic heterocycles. The predicted molar refractivity (Wildman–Crippen MR) is 156 cm³/mol. The van der Waals surface area contributed by atoms with Gasteiger partial charge >= 0.3 is 0 Å². The lowest BCUT2D eigenvalue weighted by atomic mass is 9.72. The van der Waals surface area contributed by atoms with Gasteiger partial charge in [-0.05, 0) is 88.1 Å². The third-order valence-electron chi connectivity index (χ3n) is 8.05. The average Bonchev–Trinajstić information content (AvgIpc) is 3.38. The van der Waals surface area contributed by atoms with Crippen LogP contribution in [0.15, 0.2) is 70.9 Å². The highest BCUT2D eigenvalue weighted by atomic mass is 16.6. The minimum absolute atomic E-state index is 0.150. The number of benzene rings is 3. The number of carbonyl (C=O) groups excluding carboxylic acids is 2. The summed E-state index contributed by atoms with van der Waals surface area (Å²) in [4.78, 5) is 39.9. The lowest BCUT2D eigenvalue weighted by Crippen LogP contribution is -2.40. The number of nitrogens with zero attached hydrogens (tertiary/aromatic N) is 5. The number of hydrogen-bond donors (Lipinski definition) is 0. The molecule has 0 saturated carbocycles. The van der Waals surface area contributed by atoms with E-state index in [0.29, 0.717) is 28.4 Å². The highest BCUT2D eigenvalue weighted by Gasteiger charge is 2.51. The fourth-order valence-electron chi connectivity index (χ4n) is 5.56. The maximum Gasteiger partial charge on any atom is 0.272 e. The van der Waals surface area contributed by atoms with Crippen LogP contribution in [0.25, 0.3) is 0 Å². The molecule has 5 rings (SSSR count). The maximum atomic E-state index is 14.1. The summed E-state index contributed by atoms with van der Waals surface area (Å²) in [6.45, 7) is 11.4. The Labute approximate surface area is 233 Å². The van der Waals surface area contributed by atoms with Crippen molar-refractivity contribution in [3.8, 4) is 0 Å². The molecule has 2 heterocycles. The van der Waals surface area contributed by atoms with Gasteiger partial charge in [0.15, 0.2) is 0 Å². The van der Waals surface area contributed by atoms with E-state index in [4.69, 9.17) is 0 Å². The van der Waals surface area contributed by atoms with E-state index >= 15 is 0 Å². The van der Waals surface area contributed by atoms with Crippen molar-refractivity contribution in [3.63, 3.8) is 0 Å². The Kier molecular flexibility index (Phi) is 6.83. The molecule has 0 radical (unpaired) electrons. The molecule has 0 bridgehead atoms. The Morgan fingerprint density at radius 1 is 0.700 bits per heavy atom. The second kappa shape index (κ2) is 10.1. The summed E-state index contributed by atoms with van der Waals surface area (Å²) in [5.41, 5.74) is 6.52. The monoisotopic (exact) mass is 537 g/mol. The van der Waals surface area contributed by atoms with Crippen molar-refractivity contribution >= 4 is 40.3 Å². The van der Waals surface area contributed by atoms with Gasteiger partial charge in [-0.15, -0.1) is 0 Å². The number of para-hydroxylation sites is 1. The quantitative estimate of drug-likeness (QED) is 0.284. The Morgan fingerprint density at radius 2 is 1.15 bits per heavy atom. The van der Waals surface area contributed by atoms with Gasteiger partial charge in [-0.25, -0.2) is 10.0 Å². The fraction of sp³-hybridized carbons (Fsp3) is 0.290. The summed E-state index contributed by atoms with van der Waals surface area (Å²) in [5, 5.41) is 24.0. The number of hydrogen-bond acceptors (Lipinski definition) is 6. The molecule has 3 aromatic rings. The van der Waals surface area contributed by atoms with Gasteiger partial charge in [-0.1, -0.05) is 30.3 Å². The smallest absolute Gasteiger partial charge is 0.272 e. The number of nitro groups is 1. The first kappa shape index (κ1) is 26.9. The summed E-state index contributed by atoms with van der Waals surface area (Å²) >= 11 is 0. The molecular weight excluding hydrogens is 506 g/mol. The zero-order chi connectivity index (χ0) is 28.9. The predicted octanol–water partition coefficient (Wildman–Crippen LogP) is 5.99. The number of aryl methyl sites for hydroxylation is 4. The Hall–Kier alpha value is -4.66. The summed E-state index contributed by atoms with van der Waals surface area (Å²) in [7, 11) is 0. The van der Waals surface area contributed by atoms with Crippen LogP contribution < -0.4 is 10.0 Å². The van der Waals surface area contributed by atoms with Gasteiger partial charge in [-0.3, -0.25) is 19.7 Å². The van der Waals surface area contributed by atoms with E-state index in [0.717, 1.165) is 22.3 Å². The molecule has 3 aromatic carbocycles. The van der Waals surface area contributed by atoms with Crippen molar-refractivity contribution in [2.24, 2.45) is 22.0 Å². The minimum atomic E-state index is -0.901. The van der Waals surface area contributed by atoms with Gasteiger partial charge in [0.05, 0.1) is 28.1 Å². The Balaban J connectivity index is 1.62. The van der Waals surface area contributed by atoms with E-state index in [1.165, 1.54) is 16.1 Å². The molecule has 40 heavy (non-hydrogen) atoms. The summed E-state index contributed by atoms with van der Waals surface area (Å²) < 4.78 is 0. The van der Waals surface area contributed by atoms with E-state index in [9.17, 15) is 19.7 Å². The number of rotatable bonds is 6. The molecule has 1 unspecified atom stereocenters. The minimum Gasteiger partial charge on any atom is -0.272 e. The van der Waals surface area contributed by atoms with Gasteiger partial charge < -0.3 is 0 Å². The number of anilines is 2. The second-order valence-electron chi connectivity index (χ2n) is 10.6. The molecule has 2 aliphatic rings. The van der Waals surface area contributed by atoms with E-state index in [2.05, 4.69) is 10.2 Å². The zero-order valence-electron chi connectivity index (χ0n) is 23.4. The van der Waals surface area contributed by atoms with E-state index in [1.54, 1.807) is 32.0 Å². The molecule has 9 nitrogen and oxygen atoms in total. The molecule has 0 aliphatic carbocycles. The van der Waals surface area contributed by atoms with Gasteiger partial charge in [0, 0.05) is 29.0 Å². The van der Waals surface area contributed by atoms with Crippen molar-refractivity contribution < 1.29 is 14.5 Å². The highest BCUT2D eigenvalue weighted by molar-refractivity contribution is 6.20. The van der Waals surface area contributed by atoms with Crippen LogP contribution in [0.5, 0.6) is 0 Å². The van der Waals surface area contributed by atoms with Crippen LogP contribution >= 0.6 is 0 Å². The summed E-state index contributed by atoms with van der Waals surface area (Å²) in [6.07, 6.45) is 0. The number of hydrazone groups is 2. The van der Waals surface area contributed by atoms with Crippen LogP contribution in [0, 0.1) is 49.6 Å². The molecule has 2 amide bonds. The van der Waals surface area contributed by atoms with Gasteiger partial charge in [0.2, 0.25) is 0 Å². The van der Waals surface area contributed by atoms with Crippen molar-refractivity contribution in [2.45, 2.75) is 47.5 Å². The lowest BCUT2D eigenvalue weighted by molar-refractivity contribution is -0.385. The molecule has 0 spiro atoms. The number of carbonyl (C=O) groups is 2. The first-order chi connectivity index (χ1) is 19.0. The number of nitro benzene ring substituents is 1. The van der Waals surface area contributed by atoms with Gasteiger partial charge in [0.1, 0.15) is 0 Å². The van der Waals surface area contributed by atoms with Crippen molar-refractivity contribution in [1.29, 1.82) is 0 Å². The SMILES string of the molecule is CC1=NN(c2ccc(C)c(C)c2)C(=O)[C@H]1C(c1ccccc1[N+](=O)[O-])[C@H]1C(=O)N(c2ccc(C)c(C)c2)N=C1C. The maximum absolute atomic E-state index is 14.1. The van der Waals surface area contributed by atoms with E-state index < -0.39 is 22.7 Å². The molecule has 2 aliphatic heterocycles. The van der Waals surface area contributed by atoms with Crippen molar-refractivity contribution in [3.05, 3.63) is 98.6 Å². The normalized spacial score (nSPS) is 19.6. The molecular formula is C31H31N5O4. The molecule has 204 valence electrons. The van der Waals surface area contributed by atoms with Crippen molar-refractivity contribution in [1.82, 2.24) is 0 Å². The Morgan fingerprint density at radius 3 is 1.57 bits per heavy atom. The van der Waals surface area contributed by atoms with Crippen LogP contribution in [-0.2, 0) is 9.59 Å². The Bertz CT molecular complexity index is 1530. The molecule has 0 saturated heterocycles. The summed E-state index contributed by atoms with van der Waals surface area (Å²) in [5.74, 6) is -3.37. The third kappa shape index (κ3) is 4.47. The van der Waals surface area contributed by atoms with Crippen LogP contribution in [0.1, 0.15) is 47.6 Å². The highest BCUT2D eigenvalue weighted by Crippen LogP contribution is 2.45. The van der Waals surface area contributed by atoms with Crippen LogP contribution in [0.4, 0.5) is 17.1 Å². The van der Waals surface area contributed by atoms with Crippen LogP contribution in [0.2, 0.25) is 0 Å². The largest absolute Gasteiger partial charge is 0.272 e. The standard InChI is InChI=1S/C31H31N5O4/c1-17-11-13-23(15-19(17)3)34-30(37)27(21(5)32-34)29(25-9-7-8-10-26(25)36(39)40)28-22(6)33-35(31(28)38)24-14-12-18(2)20(4)16-24/h7-16,27-29H,1-6H3/t27-,28+,29?. The zero-order valence-corrected chi connectivity index (χ0v) is 23.4. The van der Waals surface area contributed by atoms with Gasteiger partial charge in [0.25, 0.3) is 17.5 Å². The average molecular weight is 538 g/mol. The van der Waals surface area contributed by atoms with E-state index in [1.807, 2.05) is 64.1 Å². The lowest BCUT2D eigenvalue weighted by Gasteiger charge is -2.28. The van der Waals surface area contributed by atoms with Crippen LogP contribution in [0.3, 0.4) is 0 Å². The molecule has 0 fully saturated rings. The van der Waals surface area contributed by atoms with E-state index in [-0.39, 0.29) is 17.5 Å². The molecule has 0 N–H and O–H groups in total. The molecule has 3 atom stereocenters. The fourth-order valence-corrected chi connectivity index (χ4v) is 5.56. The first-order valence-corrected chi connectivity index (χ1v) is 13.2.